The second-order valence-electron chi connectivity index (χ2n) is 15.4. The van der Waals surface area contributed by atoms with Crippen molar-refractivity contribution < 1.29 is 33.3 Å². The fraction of sp³-hybridized carbons (Fsp3) is 0.929. The molecule has 0 aliphatic carbocycles. The standard InChI is InChI=1S/C42H81NO7/c1-7-9-11-13-15-17-19-21-23-25-27-29-39(44)47-35-38(31-33-43-41(46)48-36-42(5,6)49-34-32-37(3)4)50-40(45)30-28-26-24-22-20-18-16-14-12-10-8-2/h37-38H,7-36H2,1-6H3,(H,43,46). The number of alkyl carbamates (subject to hydrolysis) is 1. The van der Waals surface area contributed by atoms with E-state index in [9.17, 15) is 14.4 Å². The molecule has 0 saturated carbocycles. The highest BCUT2D eigenvalue weighted by Crippen LogP contribution is 2.15. The number of rotatable bonds is 36. The maximum absolute atomic E-state index is 12.7. The van der Waals surface area contributed by atoms with Gasteiger partial charge >= 0.3 is 18.0 Å². The molecular formula is C42H81NO7. The lowest BCUT2D eigenvalue weighted by atomic mass is 10.1. The Hall–Kier alpha value is -1.83. The summed E-state index contributed by atoms with van der Waals surface area (Å²) in [6.45, 7) is 13.5. The number of carbonyl (C=O) groups excluding carboxylic acids is 3. The fourth-order valence-corrected chi connectivity index (χ4v) is 5.78. The van der Waals surface area contributed by atoms with E-state index in [2.05, 4.69) is 33.0 Å². The average Bonchev–Trinajstić information content (AvgIpc) is 3.07. The smallest absolute Gasteiger partial charge is 0.407 e. The Labute approximate surface area is 308 Å². The number of ether oxygens (including phenoxy) is 4. The van der Waals surface area contributed by atoms with Gasteiger partial charge in [-0.3, -0.25) is 9.59 Å². The van der Waals surface area contributed by atoms with E-state index in [1.807, 2.05) is 13.8 Å². The van der Waals surface area contributed by atoms with E-state index >= 15 is 0 Å². The van der Waals surface area contributed by atoms with Gasteiger partial charge in [0.15, 0.2) is 0 Å². The average molecular weight is 712 g/mol. The highest BCUT2D eigenvalue weighted by Gasteiger charge is 2.22. The van der Waals surface area contributed by atoms with Crippen LogP contribution in [0.25, 0.3) is 0 Å². The topological polar surface area (TPSA) is 100 Å². The van der Waals surface area contributed by atoms with Crippen molar-refractivity contribution in [1.82, 2.24) is 5.32 Å². The zero-order valence-corrected chi connectivity index (χ0v) is 33.7. The first-order valence-corrected chi connectivity index (χ1v) is 21.0. The van der Waals surface area contributed by atoms with E-state index < -0.39 is 17.8 Å². The fourth-order valence-electron chi connectivity index (χ4n) is 5.78. The Kier molecular flexibility index (Phi) is 33.0. The Morgan fingerprint density at radius 1 is 0.580 bits per heavy atom. The summed E-state index contributed by atoms with van der Waals surface area (Å²) < 4.78 is 22.5. The largest absolute Gasteiger partial charge is 0.462 e. The quantitative estimate of drug-likeness (QED) is 0.0392. The summed E-state index contributed by atoms with van der Waals surface area (Å²) in [5.74, 6) is -0.00444. The summed E-state index contributed by atoms with van der Waals surface area (Å²) in [4.78, 5) is 37.6. The first kappa shape index (κ1) is 48.2. The molecule has 0 fully saturated rings. The van der Waals surface area contributed by atoms with Gasteiger partial charge in [-0.25, -0.2) is 4.79 Å². The molecular weight excluding hydrogens is 630 g/mol. The molecule has 8 heteroatoms. The zero-order chi connectivity index (χ0) is 37.1. The summed E-state index contributed by atoms with van der Waals surface area (Å²) in [6.07, 6.45) is 27.6. The van der Waals surface area contributed by atoms with Gasteiger partial charge in [0, 0.05) is 32.4 Å². The maximum atomic E-state index is 12.7. The van der Waals surface area contributed by atoms with Gasteiger partial charge in [-0.1, -0.05) is 156 Å². The van der Waals surface area contributed by atoms with Crippen molar-refractivity contribution in [3.63, 3.8) is 0 Å². The van der Waals surface area contributed by atoms with E-state index in [4.69, 9.17) is 18.9 Å². The van der Waals surface area contributed by atoms with Gasteiger partial charge in [-0.05, 0) is 39.0 Å². The van der Waals surface area contributed by atoms with Crippen LogP contribution in [0.2, 0.25) is 0 Å². The van der Waals surface area contributed by atoms with Crippen LogP contribution < -0.4 is 5.32 Å². The molecule has 0 aromatic rings. The number of carbonyl (C=O) groups is 3. The Morgan fingerprint density at radius 3 is 1.48 bits per heavy atom. The van der Waals surface area contributed by atoms with Crippen molar-refractivity contribution in [3.05, 3.63) is 0 Å². The number of esters is 2. The lowest BCUT2D eigenvalue weighted by molar-refractivity contribution is -0.159. The third-order valence-electron chi connectivity index (χ3n) is 9.17. The van der Waals surface area contributed by atoms with Crippen molar-refractivity contribution in [2.75, 3.05) is 26.4 Å². The molecule has 0 spiro atoms. The van der Waals surface area contributed by atoms with Crippen LogP contribution in [0.5, 0.6) is 0 Å². The minimum absolute atomic E-state index is 0.00564. The van der Waals surface area contributed by atoms with Crippen LogP contribution in [0.4, 0.5) is 4.79 Å². The predicted octanol–water partition coefficient (Wildman–Crippen LogP) is 11.8. The Bertz CT molecular complexity index is 801. The second-order valence-corrected chi connectivity index (χ2v) is 15.4. The van der Waals surface area contributed by atoms with Gasteiger partial charge in [0.05, 0.1) is 5.60 Å². The van der Waals surface area contributed by atoms with E-state index in [1.54, 1.807) is 0 Å². The molecule has 1 amide bonds. The van der Waals surface area contributed by atoms with Crippen LogP contribution in [0.3, 0.4) is 0 Å². The van der Waals surface area contributed by atoms with Gasteiger partial charge in [0.1, 0.15) is 19.3 Å². The van der Waals surface area contributed by atoms with Crippen LogP contribution in [-0.2, 0) is 28.5 Å². The lowest BCUT2D eigenvalue weighted by Gasteiger charge is -2.25. The number of nitrogens with one attached hydrogen (secondary N) is 1. The molecule has 0 bridgehead atoms. The molecule has 0 aromatic carbocycles. The molecule has 1 N–H and O–H groups in total. The molecule has 0 radical (unpaired) electrons. The SMILES string of the molecule is CCCCCCCCCCCCCC(=O)OCC(CCNC(=O)OCC(C)(C)OCCC(C)C)OC(=O)CCCCCCCCCCCCC. The lowest BCUT2D eigenvalue weighted by Crippen LogP contribution is -2.37. The highest BCUT2D eigenvalue weighted by molar-refractivity contribution is 5.70. The summed E-state index contributed by atoms with van der Waals surface area (Å²) in [6, 6.07) is 0. The molecule has 1 atom stereocenters. The Balaban J connectivity index is 4.49. The Morgan fingerprint density at radius 2 is 1.02 bits per heavy atom. The molecule has 1 unspecified atom stereocenters. The normalized spacial score (nSPS) is 12.2. The van der Waals surface area contributed by atoms with Gasteiger partial charge in [-0.15, -0.1) is 0 Å². The van der Waals surface area contributed by atoms with E-state index in [1.165, 1.54) is 103 Å². The molecule has 0 rings (SSSR count). The summed E-state index contributed by atoms with van der Waals surface area (Å²) >= 11 is 0. The van der Waals surface area contributed by atoms with Crippen LogP contribution in [-0.4, -0.2) is 56.1 Å². The zero-order valence-electron chi connectivity index (χ0n) is 33.7. The molecule has 8 nitrogen and oxygen atoms in total. The summed E-state index contributed by atoms with van der Waals surface area (Å²) in [7, 11) is 0. The molecule has 296 valence electrons. The van der Waals surface area contributed by atoms with E-state index in [-0.39, 0.29) is 31.7 Å². The maximum Gasteiger partial charge on any atom is 0.407 e. The minimum atomic E-state index is -0.618. The van der Waals surface area contributed by atoms with Gasteiger partial charge in [-0.2, -0.15) is 0 Å². The number of amides is 1. The van der Waals surface area contributed by atoms with Crippen LogP contribution >= 0.6 is 0 Å². The van der Waals surface area contributed by atoms with Gasteiger partial charge < -0.3 is 24.3 Å². The molecule has 0 saturated heterocycles. The van der Waals surface area contributed by atoms with Crippen molar-refractivity contribution in [2.24, 2.45) is 5.92 Å². The molecule has 0 aliphatic rings. The number of hydrogen-bond acceptors (Lipinski definition) is 7. The van der Waals surface area contributed by atoms with Crippen LogP contribution in [0.1, 0.15) is 208 Å². The van der Waals surface area contributed by atoms with Gasteiger partial charge in [0.25, 0.3) is 0 Å². The van der Waals surface area contributed by atoms with Crippen molar-refractivity contribution in [2.45, 2.75) is 220 Å². The van der Waals surface area contributed by atoms with E-state index in [0.29, 0.717) is 31.8 Å². The summed E-state index contributed by atoms with van der Waals surface area (Å²) in [5.41, 5.74) is -0.583. The minimum Gasteiger partial charge on any atom is -0.462 e. The molecule has 0 aliphatic heterocycles. The number of hydrogen-bond donors (Lipinski definition) is 1. The monoisotopic (exact) mass is 712 g/mol. The predicted molar refractivity (Wildman–Crippen MR) is 206 cm³/mol. The van der Waals surface area contributed by atoms with Crippen molar-refractivity contribution in [3.8, 4) is 0 Å². The first-order chi connectivity index (χ1) is 24.1. The third-order valence-corrected chi connectivity index (χ3v) is 9.17. The number of unbranched alkanes of at least 4 members (excludes halogenated alkanes) is 20. The second kappa shape index (κ2) is 34.3. The molecule has 0 heterocycles. The summed E-state index contributed by atoms with van der Waals surface area (Å²) in [5, 5.41) is 2.74. The van der Waals surface area contributed by atoms with E-state index in [0.717, 1.165) is 44.9 Å². The molecule has 50 heavy (non-hydrogen) atoms. The van der Waals surface area contributed by atoms with Crippen LogP contribution in [0.15, 0.2) is 0 Å². The van der Waals surface area contributed by atoms with Gasteiger partial charge in [0.2, 0.25) is 0 Å². The van der Waals surface area contributed by atoms with Crippen molar-refractivity contribution >= 4 is 18.0 Å². The third kappa shape index (κ3) is 34.6. The highest BCUT2D eigenvalue weighted by atomic mass is 16.6. The molecule has 0 aromatic heterocycles. The van der Waals surface area contributed by atoms with Crippen molar-refractivity contribution in [1.29, 1.82) is 0 Å². The van der Waals surface area contributed by atoms with Crippen LogP contribution in [0, 0.1) is 5.92 Å². The first-order valence-electron chi connectivity index (χ1n) is 21.0.